The molecular formula is C23H32ClP2Rh+. The van der Waals surface area contributed by atoms with E-state index in [4.69, 9.17) is 6.58 Å². The summed E-state index contributed by atoms with van der Waals surface area (Å²) in [4.78, 5) is 0. The third-order valence-corrected chi connectivity index (χ3v) is 2.66. The number of hydrogen-bond donors (Lipinski definition) is 0. The first kappa shape index (κ1) is 29.2. The van der Waals surface area contributed by atoms with Gasteiger partial charge in [-0.05, 0) is 58.9 Å². The summed E-state index contributed by atoms with van der Waals surface area (Å²) in [6.45, 7) is 23.4. The molecule has 0 aliphatic carbocycles. The first-order valence-corrected chi connectivity index (χ1v) is 15.8. The van der Waals surface area contributed by atoms with Gasteiger partial charge in [0, 0.05) is 5.92 Å². The van der Waals surface area contributed by atoms with Crippen molar-refractivity contribution in [2.75, 3.05) is 40.0 Å². The SMILES string of the molecule is CP(C)C.CP(C)C.[CH-]=C([C]([CH][CH2])c1ccccc1)c1ccccc1.[Cl][Rh+2]. The molecule has 0 heterocycles. The van der Waals surface area contributed by atoms with Crippen LogP contribution in [0.3, 0.4) is 0 Å². The van der Waals surface area contributed by atoms with Crippen molar-refractivity contribution in [2.45, 2.75) is 0 Å². The molecular weight excluding hydrogens is 477 g/mol. The monoisotopic (exact) mass is 508 g/mol. The molecule has 0 unspecified atom stereocenters. The molecule has 4 heteroatoms. The third-order valence-electron chi connectivity index (χ3n) is 2.66. The Hall–Kier alpha value is -0.0466. The van der Waals surface area contributed by atoms with Crippen LogP contribution in [0.1, 0.15) is 11.1 Å². The fourth-order valence-electron chi connectivity index (χ4n) is 1.77. The summed E-state index contributed by atoms with van der Waals surface area (Å²) in [5, 5.41) is 0. The first-order chi connectivity index (χ1) is 12.8. The van der Waals surface area contributed by atoms with Gasteiger partial charge in [0.2, 0.25) is 0 Å². The maximum atomic E-state index is 6.19. The van der Waals surface area contributed by atoms with E-state index in [9.17, 15) is 0 Å². The summed E-state index contributed by atoms with van der Waals surface area (Å²) in [7, 11) is 5.29. The minimum atomic E-state index is 0.380. The molecule has 0 saturated heterocycles. The van der Waals surface area contributed by atoms with Crippen LogP contribution in [0.2, 0.25) is 0 Å². The van der Waals surface area contributed by atoms with E-state index in [1.807, 2.05) is 78.0 Å². The first-order valence-electron chi connectivity index (χ1n) is 8.37. The predicted octanol–water partition coefficient (Wildman–Crippen LogP) is 7.57. The third kappa shape index (κ3) is 16.6. The normalized spacial score (nSPS) is 9.48. The quantitative estimate of drug-likeness (QED) is 0.227. The van der Waals surface area contributed by atoms with Gasteiger partial charge in [-0.25, -0.2) is 5.57 Å². The van der Waals surface area contributed by atoms with E-state index in [0.717, 1.165) is 22.6 Å². The van der Waals surface area contributed by atoms with Gasteiger partial charge in [0.05, 0.1) is 0 Å². The van der Waals surface area contributed by atoms with Crippen molar-refractivity contribution in [3.8, 4) is 0 Å². The van der Waals surface area contributed by atoms with E-state index in [0.29, 0.717) is 15.8 Å². The van der Waals surface area contributed by atoms with E-state index in [1.165, 1.54) is 0 Å². The molecule has 0 saturated carbocycles. The molecule has 3 radical (unpaired) electrons. The Kier molecular flexibility index (Phi) is 20.8. The molecule has 0 amide bonds. The van der Waals surface area contributed by atoms with Gasteiger partial charge in [-0.3, -0.25) is 6.58 Å². The molecule has 0 aliphatic heterocycles. The molecule has 0 aliphatic rings. The molecule has 149 valence electrons. The molecule has 0 nitrogen and oxygen atoms in total. The predicted molar refractivity (Wildman–Crippen MR) is 128 cm³/mol. The topological polar surface area (TPSA) is 0 Å². The summed E-state index contributed by atoms with van der Waals surface area (Å²) in [5.41, 5.74) is 2.86. The summed E-state index contributed by atoms with van der Waals surface area (Å²) >= 11 is 2.02. The molecule has 2 rings (SSSR count). The van der Waals surface area contributed by atoms with Crippen molar-refractivity contribution in [1.29, 1.82) is 0 Å². The number of rotatable bonds is 4. The Labute approximate surface area is 185 Å². The van der Waals surface area contributed by atoms with Crippen LogP contribution < -0.4 is 0 Å². The molecule has 2 aromatic carbocycles. The summed E-state index contributed by atoms with van der Waals surface area (Å²) < 4.78 is 0. The summed E-state index contributed by atoms with van der Waals surface area (Å²) in [5.74, 6) is 0.969. The van der Waals surface area contributed by atoms with E-state index >= 15 is 0 Å². The molecule has 27 heavy (non-hydrogen) atoms. The van der Waals surface area contributed by atoms with E-state index in [-0.39, 0.29) is 0 Å². The number of allylic oxidation sites excluding steroid dienone is 1. The standard InChI is InChI=1S/C17H14.2C3H9P.ClH.Rh/c1-3-17(16-12-8-5-9-13-16)14(2)15-10-6-4-7-11-15;2*1-4(2)3;;/h2-13H,1H2;2*1-3H3;1H;/q-1;;;;+3/p-1. The van der Waals surface area contributed by atoms with Crippen molar-refractivity contribution in [1.82, 2.24) is 0 Å². The van der Waals surface area contributed by atoms with Crippen molar-refractivity contribution < 1.29 is 17.3 Å². The van der Waals surface area contributed by atoms with Gasteiger partial charge in [0.1, 0.15) is 0 Å². The van der Waals surface area contributed by atoms with Crippen molar-refractivity contribution in [3.05, 3.63) is 97.6 Å². The fourth-order valence-corrected chi connectivity index (χ4v) is 1.77. The molecule has 0 atom stereocenters. The van der Waals surface area contributed by atoms with Crippen LogP contribution in [0, 0.1) is 25.8 Å². The average molecular weight is 509 g/mol. The van der Waals surface area contributed by atoms with Crippen LogP contribution in [-0.2, 0) is 17.3 Å². The van der Waals surface area contributed by atoms with Crippen LogP contribution in [0.5, 0.6) is 0 Å². The van der Waals surface area contributed by atoms with Gasteiger partial charge in [0.15, 0.2) is 0 Å². The molecule has 0 bridgehead atoms. The maximum absolute atomic E-state index is 6.19. The van der Waals surface area contributed by atoms with Gasteiger partial charge >= 0.3 is 27.0 Å². The van der Waals surface area contributed by atoms with E-state index in [1.54, 1.807) is 6.42 Å². The summed E-state index contributed by atoms with van der Waals surface area (Å²) in [6.07, 6.45) is 1.80. The van der Waals surface area contributed by atoms with E-state index in [2.05, 4.69) is 56.6 Å². The van der Waals surface area contributed by atoms with Crippen LogP contribution in [-0.4, -0.2) is 40.0 Å². The van der Waals surface area contributed by atoms with Crippen LogP contribution >= 0.6 is 25.5 Å². The van der Waals surface area contributed by atoms with Gasteiger partial charge < -0.3 is 0 Å². The Bertz CT molecular complexity index is 560. The fraction of sp³-hybridized carbons (Fsp3) is 0.261. The molecule has 0 fully saturated rings. The van der Waals surface area contributed by atoms with Gasteiger partial charge in [0.25, 0.3) is 0 Å². The Morgan fingerprint density at radius 3 is 1.37 bits per heavy atom. The van der Waals surface area contributed by atoms with Gasteiger partial charge in [-0.2, -0.15) is 5.56 Å². The molecule has 0 N–H and O–H groups in total. The second-order valence-electron chi connectivity index (χ2n) is 6.45. The van der Waals surface area contributed by atoms with Gasteiger partial charge in [-0.1, -0.05) is 48.5 Å². The van der Waals surface area contributed by atoms with Gasteiger partial charge in [-0.15, -0.1) is 28.0 Å². The van der Waals surface area contributed by atoms with E-state index < -0.39 is 0 Å². The summed E-state index contributed by atoms with van der Waals surface area (Å²) in [6, 6.07) is 20.0. The number of benzene rings is 2. The van der Waals surface area contributed by atoms with Crippen molar-refractivity contribution >= 4 is 31.1 Å². The zero-order valence-corrected chi connectivity index (χ0v) is 21.4. The Balaban J connectivity index is 0. The Morgan fingerprint density at radius 2 is 1.07 bits per heavy atom. The average Bonchev–Trinajstić information content (AvgIpc) is 2.65. The van der Waals surface area contributed by atoms with Crippen molar-refractivity contribution in [3.63, 3.8) is 0 Å². The Morgan fingerprint density at radius 1 is 0.778 bits per heavy atom. The number of halogens is 1. The van der Waals surface area contributed by atoms with Crippen LogP contribution in [0.25, 0.3) is 5.57 Å². The van der Waals surface area contributed by atoms with Crippen molar-refractivity contribution in [2.24, 2.45) is 0 Å². The molecule has 2 aromatic rings. The zero-order chi connectivity index (χ0) is 21.2. The minimum absolute atomic E-state index is 0.380. The second kappa shape index (κ2) is 19.3. The second-order valence-corrected chi connectivity index (χ2v) is 11.8. The van der Waals surface area contributed by atoms with Crippen LogP contribution in [0.15, 0.2) is 60.7 Å². The molecule has 0 spiro atoms. The molecule has 0 aromatic heterocycles. The zero-order valence-electron chi connectivity index (χ0n) is 17.2. The van der Waals surface area contributed by atoms with Crippen LogP contribution in [0.4, 0.5) is 0 Å². The number of hydrogen-bond acceptors (Lipinski definition) is 0.